The number of aryl methyl sites for hydroxylation is 1. The summed E-state index contributed by atoms with van der Waals surface area (Å²) in [6, 6.07) is -0.302. The van der Waals surface area contributed by atoms with Gasteiger partial charge < -0.3 is 9.84 Å². The number of hydrogen-bond acceptors (Lipinski definition) is 5. The van der Waals surface area contributed by atoms with E-state index in [0.29, 0.717) is 25.5 Å². The Labute approximate surface area is 137 Å². The van der Waals surface area contributed by atoms with Crippen molar-refractivity contribution in [3.05, 3.63) is 11.9 Å². The third-order valence-corrected chi connectivity index (χ3v) is 7.19. The van der Waals surface area contributed by atoms with E-state index >= 15 is 0 Å². The fraction of sp³-hybridized carbons (Fsp3) is 0.800. The number of nitrogens with zero attached hydrogens (tertiary/aromatic N) is 3. The van der Waals surface area contributed by atoms with Crippen LogP contribution in [0.15, 0.2) is 11.1 Å². The largest absolute Gasteiger partial charge is 0.393 e. The Balaban J connectivity index is 1.93. The molecule has 130 valence electrons. The molecule has 1 aromatic rings. The second kappa shape index (κ2) is 6.51. The van der Waals surface area contributed by atoms with Crippen molar-refractivity contribution in [1.82, 2.24) is 14.1 Å². The SMILES string of the molecule is Cc1c(S(=O)(=O)N2CCOC[C@@H]2[C@H]2CCCC[C@H]2O)cnn1C. The summed E-state index contributed by atoms with van der Waals surface area (Å²) in [6.07, 6.45) is 4.56. The first-order chi connectivity index (χ1) is 10.9. The number of aliphatic hydroxyl groups is 1. The van der Waals surface area contributed by atoms with Crippen LogP contribution in [0, 0.1) is 12.8 Å². The van der Waals surface area contributed by atoms with Crippen molar-refractivity contribution in [3.63, 3.8) is 0 Å². The van der Waals surface area contributed by atoms with Crippen LogP contribution in [-0.4, -0.2) is 59.5 Å². The first kappa shape index (κ1) is 16.9. The second-order valence-corrected chi connectivity index (χ2v) is 8.35. The summed E-state index contributed by atoms with van der Waals surface area (Å²) in [5, 5.41) is 14.4. The number of aliphatic hydroxyl groups excluding tert-OH is 1. The van der Waals surface area contributed by atoms with E-state index in [9.17, 15) is 13.5 Å². The molecule has 1 aliphatic heterocycles. The lowest BCUT2D eigenvalue weighted by molar-refractivity contribution is -0.0379. The fourth-order valence-electron chi connectivity index (χ4n) is 3.69. The number of morpholine rings is 1. The Morgan fingerprint density at radius 3 is 2.74 bits per heavy atom. The predicted molar refractivity (Wildman–Crippen MR) is 84.4 cm³/mol. The first-order valence-corrected chi connectivity index (χ1v) is 9.63. The molecule has 3 rings (SSSR count). The molecule has 0 unspecified atom stereocenters. The van der Waals surface area contributed by atoms with Crippen LogP contribution in [0.2, 0.25) is 0 Å². The molecule has 2 heterocycles. The van der Waals surface area contributed by atoms with Crippen LogP contribution in [0.4, 0.5) is 0 Å². The molecule has 1 aromatic heterocycles. The van der Waals surface area contributed by atoms with Crippen molar-refractivity contribution in [2.45, 2.75) is 49.6 Å². The third-order valence-electron chi connectivity index (χ3n) is 5.17. The molecule has 1 N–H and O–H groups in total. The van der Waals surface area contributed by atoms with Crippen LogP contribution in [0.25, 0.3) is 0 Å². The van der Waals surface area contributed by atoms with Crippen molar-refractivity contribution in [2.24, 2.45) is 13.0 Å². The second-order valence-electron chi connectivity index (χ2n) is 6.49. The van der Waals surface area contributed by atoms with Crippen LogP contribution < -0.4 is 0 Å². The van der Waals surface area contributed by atoms with Gasteiger partial charge in [0, 0.05) is 19.5 Å². The van der Waals surface area contributed by atoms with E-state index in [-0.39, 0.29) is 16.9 Å². The fourth-order valence-corrected chi connectivity index (χ4v) is 5.52. The maximum Gasteiger partial charge on any atom is 0.246 e. The van der Waals surface area contributed by atoms with Crippen LogP contribution in [0.1, 0.15) is 31.4 Å². The smallest absolute Gasteiger partial charge is 0.246 e. The molecule has 2 aliphatic rings. The maximum atomic E-state index is 13.1. The standard InChI is InChI=1S/C15H25N3O4S/c1-11-15(9-16-17(11)2)23(20,21)18-7-8-22-10-13(18)12-5-3-4-6-14(12)19/h9,12-14,19H,3-8,10H2,1-2H3/t12-,13-,14-/m1/s1. The number of sulfonamides is 1. The van der Waals surface area contributed by atoms with Gasteiger partial charge in [0.15, 0.2) is 0 Å². The highest BCUT2D eigenvalue weighted by atomic mass is 32.2. The van der Waals surface area contributed by atoms with Crippen LogP contribution in [0.5, 0.6) is 0 Å². The van der Waals surface area contributed by atoms with Gasteiger partial charge in [-0.15, -0.1) is 0 Å². The van der Waals surface area contributed by atoms with Gasteiger partial charge in [-0.05, 0) is 19.8 Å². The topological polar surface area (TPSA) is 84.7 Å². The average molecular weight is 343 g/mol. The normalized spacial score (nSPS) is 30.5. The van der Waals surface area contributed by atoms with Gasteiger partial charge >= 0.3 is 0 Å². The van der Waals surface area contributed by atoms with Gasteiger partial charge in [0.05, 0.1) is 37.3 Å². The van der Waals surface area contributed by atoms with E-state index in [1.807, 2.05) is 0 Å². The first-order valence-electron chi connectivity index (χ1n) is 8.19. The number of rotatable bonds is 3. The van der Waals surface area contributed by atoms with E-state index < -0.39 is 16.1 Å². The van der Waals surface area contributed by atoms with Crippen molar-refractivity contribution < 1.29 is 18.3 Å². The quantitative estimate of drug-likeness (QED) is 0.872. The van der Waals surface area contributed by atoms with E-state index in [1.165, 1.54) is 10.5 Å². The average Bonchev–Trinajstić information content (AvgIpc) is 2.88. The molecule has 0 aromatic carbocycles. The Morgan fingerprint density at radius 2 is 2.09 bits per heavy atom. The summed E-state index contributed by atoms with van der Waals surface area (Å²) >= 11 is 0. The lowest BCUT2D eigenvalue weighted by atomic mass is 9.81. The molecule has 2 fully saturated rings. The van der Waals surface area contributed by atoms with Gasteiger partial charge in [0.2, 0.25) is 10.0 Å². The lowest BCUT2D eigenvalue weighted by Crippen LogP contribution is -2.55. The molecule has 1 saturated carbocycles. The Bertz CT molecular complexity index is 658. The zero-order chi connectivity index (χ0) is 16.6. The van der Waals surface area contributed by atoms with Crippen molar-refractivity contribution in [1.29, 1.82) is 0 Å². The van der Waals surface area contributed by atoms with Crippen molar-refractivity contribution >= 4 is 10.0 Å². The molecule has 8 heteroatoms. The van der Waals surface area contributed by atoms with Gasteiger partial charge in [0.25, 0.3) is 0 Å². The van der Waals surface area contributed by atoms with Gasteiger partial charge in [0.1, 0.15) is 4.90 Å². The van der Waals surface area contributed by atoms with E-state index in [0.717, 1.165) is 25.7 Å². The van der Waals surface area contributed by atoms with Gasteiger partial charge in [-0.25, -0.2) is 8.42 Å². The summed E-state index contributed by atoms with van der Waals surface area (Å²) in [5.41, 5.74) is 0.624. The summed E-state index contributed by atoms with van der Waals surface area (Å²) < 4.78 is 34.9. The highest BCUT2D eigenvalue weighted by molar-refractivity contribution is 7.89. The summed E-state index contributed by atoms with van der Waals surface area (Å²) in [6.45, 7) is 2.81. The molecular weight excluding hydrogens is 318 g/mol. The molecule has 0 bridgehead atoms. The van der Waals surface area contributed by atoms with E-state index in [4.69, 9.17) is 4.74 Å². The Hall–Kier alpha value is -0.960. The molecule has 1 saturated heterocycles. The summed E-state index contributed by atoms with van der Waals surface area (Å²) in [5.74, 6) is -0.0594. The number of ether oxygens (including phenoxy) is 1. The Kier molecular flexibility index (Phi) is 4.78. The summed E-state index contributed by atoms with van der Waals surface area (Å²) in [4.78, 5) is 0.247. The van der Waals surface area contributed by atoms with Crippen LogP contribution in [-0.2, 0) is 21.8 Å². The number of aromatic nitrogens is 2. The molecule has 7 nitrogen and oxygen atoms in total. The molecule has 23 heavy (non-hydrogen) atoms. The van der Waals surface area contributed by atoms with Crippen LogP contribution >= 0.6 is 0 Å². The number of hydrogen-bond donors (Lipinski definition) is 1. The Morgan fingerprint density at radius 1 is 1.35 bits per heavy atom. The highest BCUT2D eigenvalue weighted by Gasteiger charge is 2.42. The van der Waals surface area contributed by atoms with Gasteiger partial charge in [-0.3, -0.25) is 4.68 Å². The zero-order valence-corrected chi connectivity index (χ0v) is 14.5. The van der Waals surface area contributed by atoms with Gasteiger partial charge in [-0.2, -0.15) is 9.40 Å². The highest BCUT2D eigenvalue weighted by Crippen LogP contribution is 2.34. The van der Waals surface area contributed by atoms with Crippen molar-refractivity contribution in [2.75, 3.05) is 19.8 Å². The monoisotopic (exact) mass is 343 g/mol. The minimum absolute atomic E-state index is 0.0594. The molecule has 1 aliphatic carbocycles. The van der Waals surface area contributed by atoms with Crippen molar-refractivity contribution in [3.8, 4) is 0 Å². The summed E-state index contributed by atoms with van der Waals surface area (Å²) in [7, 11) is -1.90. The molecule has 0 spiro atoms. The lowest BCUT2D eigenvalue weighted by Gasteiger charge is -2.42. The third kappa shape index (κ3) is 3.05. The predicted octanol–water partition coefficient (Wildman–Crippen LogP) is 0.669. The van der Waals surface area contributed by atoms with Crippen LogP contribution in [0.3, 0.4) is 0 Å². The minimum Gasteiger partial charge on any atom is -0.393 e. The minimum atomic E-state index is -3.63. The zero-order valence-electron chi connectivity index (χ0n) is 13.7. The van der Waals surface area contributed by atoms with E-state index in [1.54, 1.807) is 18.7 Å². The molecule has 0 amide bonds. The molecule has 3 atom stereocenters. The van der Waals surface area contributed by atoms with E-state index in [2.05, 4.69) is 5.10 Å². The molecular formula is C15H25N3O4S. The maximum absolute atomic E-state index is 13.1. The van der Waals surface area contributed by atoms with Gasteiger partial charge in [-0.1, -0.05) is 12.8 Å². The molecule has 0 radical (unpaired) electrons.